The Bertz CT molecular complexity index is 893. The largest absolute Gasteiger partial charge is 0.452 e. The molecule has 0 N–H and O–H groups in total. The summed E-state index contributed by atoms with van der Waals surface area (Å²) in [6.45, 7) is 3.10. The molecule has 7 nitrogen and oxygen atoms in total. The van der Waals surface area contributed by atoms with E-state index < -0.39 is 17.5 Å². The molecule has 0 saturated carbocycles. The monoisotopic (exact) mass is 354 g/mol. The zero-order valence-electron chi connectivity index (χ0n) is 14.5. The third-order valence-electron chi connectivity index (χ3n) is 4.44. The Hall–Kier alpha value is -3.22. The minimum Gasteiger partial charge on any atom is -0.452 e. The Morgan fingerprint density at radius 2 is 2.00 bits per heavy atom. The molecule has 1 amide bonds. The molecule has 1 aliphatic heterocycles. The summed E-state index contributed by atoms with van der Waals surface area (Å²) < 4.78 is 5.09. The number of nitro groups is 1. The summed E-state index contributed by atoms with van der Waals surface area (Å²) in [6, 6.07) is 11.7. The molecule has 26 heavy (non-hydrogen) atoms. The Morgan fingerprint density at radius 3 is 2.73 bits per heavy atom. The van der Waals surface area contributed by atoms with E-state index in [1.807, 2.05) is 31.2 Å². The van der Waals surface area contributed by atoms with E-state index in [4.69, 9.17) is 4.74 Å². The maximum absolute atomic E-state index is 12.5. The normalized spacial score (nSPS) is 15.5. The number of esters is 1. The van der Waals surface area contributed by atoms with Gasteiger partial charge in [-0.1, -0.05) is 24.3 Å². The maximum atomic E-state index is 12.5. The molecule has 0 radical (unpaired) electrons. The van der Waals surface area contributed by atoms with E-state index in [0.29, 0.717) is 5.56 Å². The molecular formula is C19H18N2O5. The van der Waals surface area contributed by atoms with Crippen LogP contribution in [0.5, 0.6) is 0 Å². The number of fused-ring (bicyclic) bond motifs is 1. The van der Waals surface area contributed by atoms with Crippen molar-refractivity contribution < 1.29 is 19.2 Å². The van der Waals surface area contributed by atoms with Crippen molar-refractivity contribution in [2.75, 3.05) is 11.5 Å². The summed E-state index contributed by atoms with van der Waals surface area (Å²) in [4.78, 5) is 36.7. The third kappa shape index (κ3) is 3.28. The van der Waals surface area contributed by atoms with E-state index in [-0.39, 0.29) is 23.2 Å². The lowest BCUT2D eigenvalue weighted by molar-refractivity contribution is -0.385. The van der Waals surface area contributed by atoms with Gasteiger partial charge in [-0.25, -0.2) is 4.79 Å². The van der Waals surface area contributed by atoms with E-state index >= 15 is 0 Å². The molecule has 2 aromatic rings. The highest BCUT2D eigenvalue weighted by molar-refractivity contribution is 5.99. The number of rotatable bonds is 4. The number of carbonyl (C=O) groups is 2. The van der Waals surface area contributed by atoms with Crippen molar-refractivity contribution in [1.29, 1.82) is 0 Å². The fourth-order valence-electron chi connectivity index (χ4n) is 3.16. The SMILES string of the molecule is Cc1ccc(C(=O)OCC(=O)N2c3ccccc3C[C@H]2C)cc1[N+](=O)[O-]. The van der Waals surface area contributed by atoms with Crippen LogP contribution in [0.3, 0.4) is 0 Å². The molecule has 3 rings (SSSR count). The van der Waals surface area contributed by atoms with Gasteiger partial charge >= 0.3 is 5.97 Å². The van der Waals surface area contributed by atoms with Crippen molar-refractivity contribution in [2.45, 2.75) is 26.3 Å². The molecular weight excluding hydrogens is 336 g/mol. The number of nitrogens with zero attached hydrogens (tertiary/aromatic N) is 2. The van der Waals surface area contributed by atoms with E-state index in [9.17, 15) is 19.7 Å². The Kier molecular flexibility index (Phi) is 4.71. The van der Waals surface area contributed by atoms with E-state index in [0.717, 1.165) is 23.7 Å². The minimum absolute atomic E-state index is 0.0148. The van der Waals surface area contributed by atoms with Crippen LogP contribution in [0, 0.1) is 17.0 Å². The molecule has 0 aromatic heterocycles. The number of hydrogen-bond acceptors (Lipinski definition) is 5. The number of anilines is 1. The number of para-hydroxylation sites is 1. The van der Waals surface area contributed by atoms with Crippen molar-refractivity contribution in [3.05, 3.63) is 69.3 Å². The van der Waals surface area contributed by atoms with Gasteiger partial charge in [0.2, 0.25) is 0 Å². The number of aryl methyl sites for hydroxylation is 1. The summed E-state index contributed by atoms with van der Waals surface area (Å²) in [5.74, 6) is -1.08. The van der Waals surface area contributed by atoms with Gasteiger partial charge in [-0.3, -0.25) is 14.9 Å². The Labute approximate surface area is 150 Å². The van der Waals surface area contributed by atoms with Gasteiger partial charge in [0.15, 0.2) is 6.61 Å². The lowest BCUT2D eigenvalue weighted by Gasteiger charge is -2.22. The molecule has 1 heterocycles. The van der Waals surface area contributed by atoms with Gasteiger partial charge in [0.1, 0.15) is 0 Å². The summed E-state index contributed by atoms with van der Waals surface area (Å²) in [5.41, 5.74) is 2.24. The van der Waals surface area contributed by atoms with Gasteiger partial charge in [-0.05, 0) is 38.0 Å². The Morgan fingerprint density at radius 1 is 1.27 bits per heavy atom. The first-order chi connectivity index (χ1) is 12.4. The average molecular weight is 354 g/mol. The fraction of sp³-hybridized carbons (Fsp3) is 0.263. The number of nitro benzene ring substituents is 1. The second kappa shape index (κ2) is 6.95. The summed E-state index contributed by atoms with van der Waals surface area (Å²) in [5, 5.41) is 11.0. The molecule has 0 fully saturated rings. The molecule has 0 unspecified atom stereocenters. The van der Waals surface area contributed by atoms with Crippen molar-refractivity contribution >= 4 is 23.3 Å². The van der Waals surface area contributed by atoms with Crippen molar-refractivity contribution in [1.82, 2.24) is 0 Å². The summed E-state index contributed by atoms with van der Waals surface area (Å²) in [7, 11) is 0. The van der Waals surface area contributed by atoms with Crippen LogP contribution in [0.4, 0.5) is 11.4 Å². The first-order valence-corrected chi connectivity index (χ1v) is 8.20. The van der Waals surface area contributed by atoms with Gasteiger partial charge in [0.05, 0.1) is 10.5 Å². The smallest absolute Gasteiger partial charge is 0.338 e. The van der Waals surface area contributed by atoms with Crippen LogP contribution in [0.15, 0.2) is 42.5 Å². The van der Waals surface area contributed by atoms with E-state index in [1.54, 1.807) is 11.8 Å². The molecule has 1 atom stereocenters. The molecule has 0 spiro atoms. The lowest BCUT2D eigenvalue weighted by Crippen LogP contribution is -2.38. The second-order valence-corrected chi connectivity index (χ2v) is 6.28. The van der Waals surface area contributed by atoms with Crippen LogP contribution in [0.25, 0.3) is 0 Å². The molecule has 0 bridgehead atoms. The average Bonchev–Trinajstić information content (AvgIpc) is 2.95. The number of hydrogen-bond donors (Lipinski definition) is 0. The molecule has 7 heteroatoms. The number of benzene rings is 2. The topological polar surface area (TPSA) is 89.8 Å². The van der Waals surface area contributed by atoms with Crippen LogP contribution < -0.4 is 4.90 Å². The van der Waals surface area contributed by atoms with Crippen LogP contribution >= 0.6 is 0 Å². The molecule has 134 valence electrons. The highest BCUT2D eigenvalue weighted by atomic mass is 16.6. The zero-order valence-corrected chi connectivity index (χ0v) is 14.5. The maximum Gasteiger partial charge on any atom is 0.338 e. The van der Waals surface area contributed by atoms with Crippen molar-refractivity contribution in [3.63, 3.8) is 0 Å². The highest BCUT2D eigenvalue weighted by Gasteiger charge is 2.31. The quantitative estimate of drug-likeness (QED) is 0.478. The van der Waals surface area contributed by atoms with Crippen LogP contribution in [0.1, 0.15) is 28.4 Å². The van der Waals surface area contributed by atoms with Gasteiger partial charge < -0.3 is 9.64 Å². The van der Waals surface area contributed by atoms with E-state index in [2.05, 4.69) is 0 Å². The minimum atomic E-state index is -0.762. The number of amides is 1. The van der Waals surface area contributed by atoms with Gasteiger partial charge in [0, 0.05) is 23.4 Å². The number of carbonyl (C=O) groups excluding carboxylic acids is 2. The predicted octanol–water partition coefficient (Wildman–Crippen LogP) is 3.04. The number of ether oxygens (including phenoxy) is 1. The molecule has 2 aromatic carbocycles. The van der Waals surface area contributed by atoms with Crippen molar-refractivity contribution in [2.24, 2.45) is 0 Å². The lowest BCUT2D eigenvalue weighted by atomic mass is 10.1. The fourth-order valence-corrected chi connectivity index (χ4v) is 3.16. The Balaban J connectivity index is 1.69. The molecule has 0 aliphatic carbocycles. The van der Waals surface area contributed by atoms with Gasteiger partial charge in [0.25, 0.3) is 11.6 Å². The first kappa shape index (κ1) is 17.6. The summed E-state index contributed by atoms with van der Waals surface area (Å²) >= 11 is 0. The highest BCUT2D eigenvalue weighted by Crippen LogP contribution is 2.31. The first-order valence-electron chi connectivity index (χ1n) is 8.20. The zero-order chi connectivity index (χ0) is 18.8. The van der Waals surface area contributed by atoms with Crippen LogP contribution in [-0.2, 0) is 16.0 Å². The van der Waals surface area contributed by atoms with Crippen LogP contribution in [0.2, 0.25) is 0 Å². The van der Waals surface area contributed by atoms with Gasteiger partial charge in [-0.2, -0.15) is 0 Å². The van der Waals surface area contributed by atoms with Gasteiger partial charge in [-0.15, -0.1) is 0 Å². The van der Waals surface area contributed by atoms with E-state index in [1.165, 1.54) is 12.1 Å². The second-order valence-electron chi connectivity index (χ2n) is 6.28. The van der Waals surface area contributed by atoms with Crippen LogP contribution in [-0.4, -0.2) is 29.4 Å². The molecule has 1 aliphatic rings. The standard InChI is InChI=1S/C19H18N2O5/c1-12-7-8-15(10-17(12)21(24)25)19(23)26-11-18(22)20-13(2)9-14-5-3-4-6-16(14)20/h3-8,10,13H,9,11H2,1-2H3/t13-/m1/s1. The predicted molar refractivity (Wildman–Crippen MR) is 95.2 cm³/mol. The van der Waals surface area contributed by atoms with Crippen molar-refractivity contribution in [3.8, 4) is 0 Å². The third-order valence-corrected chi connectivity index (χ3v) is 4.44. The summed E-state index contributed by atoms with van der Waals surface area (Å²) in [6.07, 6.45) is 0.750. The molecule has 0 saturated heterocycles.